The maximum Gasteiger partial charge on any atom is 0.410 e. The molecule has 2 aliphatic rings. The lowest BCUT2D eigenvalue weighted by atomic mass is 9.90. The van der Waals surface area contributed by atoms with E-state index < -0.39 is 5.60 Å². The van der Waals surface area contributed by atoms with Gasteiger partial charge in [-0.15, -0.1) is 0 Å². The van der Waals surface area contributed by atoms with Crippen molar-refractivity contribution >= 4 is 29.1 Å². The molecule has 1 amide bonds. The van der Waals surface area contributed by atoms with Crippen LogP contribution in [0.1, 0.15) is 43.4 Å². The molecule has 1 aromatic heterocycles. The van der Waals surface area contributed by atoms with Crippen LogP contribution in [0.25, 0.3) is 0 Å². The number of amides is 1. The maximum absolute atomic E-state index is 12.2. The summed E-state index contributed by atoms with van der Waals surface area (Å²) in [4.78, 5) is 20.4. The van der Waals surface area contributed by atoms with Gasteiger partial charge in [0, 0.05) is 44.0 Å². The first-order chi connectivity index (χ1) is 16.1. The van der Waals surface area contributed by atoms with Crippen molar-refractivity contribution in [3.63, 3.8) is 0 Å². The number of anilines is 2. The van der Waals surface area contributed by atoms with Gasteiger partial charge in [0.05, 0.1) is 24.5 Å². The average Bonchev–Trinajstić information content (AvgIpc) is 2.72. The predicted molar refractivity (Wildman–Crippen MR) is 133 cm³/mol. The van der Waals surface area contributed by atoms with Gasteiger partial charge in [-0.25, -0.2) is 9.78 Å². The molecule has 0 saturated carbocycles. The molecule has 3 heterocycles. The Bertz CT molecular complexity index is 1020. The summed E-state index contributed by atoms with van der Waals surface area (Å²) in [5, 5.41) is 0.425. The first kappa shape index (κ1) is 24.4. The highest BCUT2D eigenvalue weighted by Crippen LogP contribution is 2.36. The Balaban J connectivity index is 1.43. The third-order valence-corrected chi connectivity index (χ3v) is 6.35. The monoisotopic (exact) mass is 488 g/mol. The number of aryl methyl sites for hydroxylation is 1. The number of nitrogen functional groups attached to an aromatic ring is 1. The normalized spacial score (nSPS) is 16.9. The number of benzene rings is 1. The molecular weight excluding hydrogens is 456 g/mol. The van der Waals surface area contributed by atoms with Gasteiger partial charge in [0.2, 0.25) is 0 Å². The number of carbonyl (C=O) groups is 1. The zero-order valence-corrected chi connectivity index (χ0v) is 21.0. The van der Waals surface area contributed by atoms with Crippen molar-refractivity contribution in [1.82, 2.24) is 9.88 Å². The lowest BCUT2D eigenvalue weighted by Crippen LogP contribution is -2.50. The number of nitrogens with zero attached hydrogens (tertiary/aromatic N) is 3. The molecule has 0 unspecified atom stereocenters. The zero-order valence-electron chi connectivity index (χ0n) is 20.3. The lowest BCUT2D eigenvalue weighted by molar-refractivity contribution is 0.00819. The Kier molecular flexibility index (Phi) is 7.09. The molecule has 34 heavy (non-hydrogen) atoms. The van der Waals surface area contributed by atoms with Crippen molar-refractivity contribution in [2.45, 2.75) is 45.8 Å². The molecule has 1 aromatic carbocycles. The third-order valence-electron chi connectivity index (χ3n) is 6.02. The number of ether oxygens (including phenoxy) is 3. The van der Waals surface area contributed by atoms with E-state index in [1.54, 1.807) is 11.1 Å². The summed E-state index contributed by atoms with van der Waals surface area (Å²) in [5.41, 5.74) is 10.3. The SMILES string of the molecule is Cc1cc(C2CN(C(=O)OC(C)(C)C)C2)cc(N)c1OCc1c(N2CCOCC2)ccnc1Cl. The van der Waals surface area contributed by atoms with Gasteiger partial charge in [0.15, 0.2) is 0 Å². The molecule has 2 aliphatic heterocycles. The van der Waals surface area contributed by atoms with Gasteiger partial charge in [0.1, 0.15) is 23.1 Å². The van der Waals surface area contributed by atoms with Gasteiger partial charge < -0.3 is 29.7 Å². The second-order valence-corrected chi connectivity index (χ2v) is 10.2. The highest BCUT2D eigenvalue weighted by atomic mass is 35.5. The molecule has 9 heteroatoms. The molecule has 2 fully saturated rings. The van der Waals surface area contributed by atoms with Crippen LogP contribution >= 0.6 is 11.6 Å². The minimum atomic E-state index is -0.499. The number of pyridine rings is 1. The van der Waals surface area contributed by atoms with Crippen molar-refractivity contribution in [2.24, 2.45) is 0 Å². The molecule has 2 saturated heterocycles. The van der Waals surface area contributed by atoms with Crippen molar-refractivity contribution in [1.29, 1.82) is 0 Å². The van der Waals surface area contributed by atoms with Gasteiger partial charge in [-0.05, 0) is 51.0 Å². The number of halogens is 1. The number of hydrogen-bond acceptors (Lipinski definition) is 7. The van der Waals surface area contributed by atoms with Gasteiger partial charge in [-0.3, -0.25) is 0 Å². The Morgan fingerprint density at radius 3 is 2.62 bits per heavy atom. The summed E-state index contributed by atoms with van der Waals surface area (Å²) in [7, 11) is 0. The fourth-order valence-corrected chi connectivity index (χ4v) is 4.47. The fourth-order valence-electron chi connectivity index (χ4n) is 4.26. The summed E-state index contributed by atoms with van der Waals surface area (Å²) in [6.45, 7) is 12.0. The third kappa shape index (κ3) is 5.50. The first-order valence-electron chi connectivity index (χ1n) is 11.6. The molecular formula is C25H33ClN4O4. The van der Waals surface area contributed by atoms with Crippen LogP contribution in [0.15, 0.2) is 24.4 Å². The van der Waals surface area contributed by atoms with E-state index in [0.717, 1.165) is 35.5 Å². The average molecular weight is 489 g/mol. The van der Waals surface area contributed by atoms with Crippen molar-refractivity contribution in [2.75, 3.05) is 50.0 Å². The van der Waals surface area contributed by atoms with Gasteiger partial charge in [0.25, 0.3) is 0 Å². The summed E-state index contributed by atoms with van der Waals surface area (Å²) in [6.07, 6.45) is 1.43. The Morgan fingerprint density at radius 1 is 1.26 bits per heavy atom. The molecule has 184 valence electrons. The van der Waals surface area contributed by atoms with Crippen LogP contribution in [-0.4, -0.2) is 61.0 Å². The summed E-state index contributed by atoms with van der Waals surface area (Å²) in [6, 6.07) is 5.98. The van der Waals surface area contributed by atoms with E-state index in [1.165, 1.54) is 0 Å². The number of aromatic nitrogens is 1. The number of morpholine rings is 1. The van der Waals surface area contributed by atoms with E-state index in [0.29, 0.717) is 42.9 Å². The number of nitrogens with two attached hydrogens (primary N) is 1. The fraction of sp³-hybridized carbons (Fsp3) is 0.520. The minimum Gasteiger partial charge on any atom is -0.486 e. The lowest BCUT2D eigenvalue weighted by Gasteiger charge is -2.40. The van der Waals surface area contributed by atoms with E-state index in [1.807, 2.05) is 39.8 Å². The van der Waals surface area contributed by atoms with E-state index in [-0.39, 0.29) is 18.6 Å². The second kappa shape index (κ2) is 9.88. The molecule has 4 rings (SSSR count). The molecule has 0 atom stereocenters. The van der Waals surface area contributed by atoms with Gasteiger partial charge in [-0.2, -0.15) is 0 Å². The molecule has 0 radical (unpaired) electrons. The highest BCUT2D eigenvalue weighted by molar-refractivity contribution is 6.30. The maximum atomic E-state index is 12.2. The van der Waals surface area contributed by atoms with Gasteiger partial charge in [-0.1, -0.05) is 17.7 Å². The Hall–Kier alpha value is -2.71. The van der Waals surface area contributed by atoms with Crippen molar-refractivity contribution < 1.29 is 19.0 Å². The van der Waals surface area contributed by atoms with E-state index in [2.05, 4.69) is 16.0 Å². The van der Waals surface area contributed by atoms with Crippen molar-refractivity contribution in [3.05, 3.63) is 46.2 Å². The molecule has 0 spiro atoms. The number of rotatable bonds is 5. The zero-order chi connectivity index (χ0) is 24.5. The van der Waals surface area contributed by atoms with Crippen LogP contribution in [-0.2, 0) is 16.1 Å². The van der Waals surface area contributed by atoms with Crippen LogP contribution in [0.5, 0.6) is 5.75 Å². The predicted octanol–water partition coefficient (Wildman–Crippen LogP) is 4.38. The largest absolute Gasteiger partial charge is 0.486 e. The topological polar surface area (TPSA) is 90.2 Å². The van der Waals surface area contributed by atoms with Crippen LogP contribution < -0.4 is 15.4 Å². The van der Waals surface area contributed by atoms with Crippen LogP contribution in [0, 0.1) is 6.92 Å². The van der Waals surface area contributed by atoms with E-state index in [9.17, 15) is 4.79 Å². The van der Waals surface area contributed by atoms with E-state index >= 15 is 0 Å². The first-order valence-corrected chi connectivity index (χ1v) is 12.0. The molecule has 0 bridgehead atoms. The second-order valence-electron chi connectivity index (χ2n) is 9.83. The number of likely N-dealkylation sites (tertiary alicyclic amines) is 1. The van der Waals surface area contributed by atoms with Crippen LogP contribution in [0.2, 0.25) is 5.15 Å². The van der Waals surface area contributed by atoms with E-state index in [4.69, 9.17) is 31.5 Å². The Labute approximate surface area is 205 Å². The summed E-state index contributed by atoms with van der Waals surface area (Å²) < 4.78 is 17.1. The van der Waals surface area contributed by atoms with Crippen LogP contribution in [0.4, 0.5) is 16.2 Å². The molecule has 0 aliphatic carbocycles. The minimum absolute atomic E-state index is 0.225. The molecule has 2 aromatic rings. The smallest absolute Gasteiger partial charge is 0.410 e. The molecule has 8 nitrogen and oxygen atoms in total. The van der Waals surface area contributed by atoms with Crippen LogP contribution in [0.3, 0.4) is 0 Å². The van der Waals surface area contributed by atoms with Gasteiger partial charge >= 0.3 is 6.09 Å². The van der Waals surface area contributed by atoms with Crippen molar-refractivity contribution in [3.8, 4) is 5.75 Å². The number of carbonyl (C=O) groups excluding carboxylic acids is 1. The Morgan fingerprint density at radius 2 is 1.97 bits per heavy atom. The molecule has 2 N–H and O–H groups in total. The summed E-state index contributed by atoms with van der Waals surface area (Å²) >= 11 is 6.44. The quantitative estimate of drug-likeness (QED) is 0.493. The number of hydrogen-bond donors (Lipinski definition) is 1. The highest BCUT2D eigenvalue weighted by Gasteiger charge is 2.35. The summed E-state index contributed by atoms with van der Waals surface area (Å²) in [5.74, 6) is 0.864. The standard InChI is InChI=1S/C25H33ClN4O4/c1-16-11-17(18-13-30(14-18)24(31)34-25(2,3)4)12-20(27)22(16)33-15-19-21(5-6-28-23(19)26)29-7-9-32-10-8-29/h5-6,11-12,18H,7-10,13-15,27H2,1-4H3.